The van der Waals surface area contributed by atoms with Crippen LogP contribution >= 0.6 is 27.5 Å². The van der Waals surface area contributed by atoms with Gasteiger partial charge in [0.1, 0.15) is 0 Å². The Hall–Kier alpha value is -1.19. The molecule has 0 atom stereocenters. The number of nitrogens with one attached hydrogen (secondary N) is 1. The number of hydrogen-bond donors (Lipinski definition) is 2. The van der Waals surface area contributed by atoms with Crippen LogP contribution in [0.1, 0.15) is 5.56 Å². The van der Waals surface area contributed by atoms with Gasteiger partial charge in [0.05, 0.1) is 5.69 Å². The molecule has 0 aliphatic rings. The SMILES string of the molecule is Cc1ccc(N)cc1Nc1ccc(Cl)cc1Br. The lowest BCUT2D eigenvalue weighted by molar-refractivity contribution is 1.42. The Morgan fingerprint density at radius 3 is 2.59 bits per heavy atom. The fourth-order valence-corrected chi connectivity index (χ4v) is 2.29. The highest BCUT2D eigenvalue weighted by Gasteiger charge is 2.03. The molecule has 0 aliphatic carbocycles. The molecule has 2 nitrogen and oxygen atoms in total. The third kappa shape index (κ3) is 2.93. The first-order valence-corrected chi connectivity index (χ1v) is 6.31. The van der Waals surface area contributed by atoms with E-state index in [9.17, 15) is 0 Å². The molecule has 2 aromatic rings. The second-order valence-corrected chi connectivity index (χ2v) is 5.11. The van der Waals surface area contributed by atoms with Crippen LogP contribution < -0.4 is 11.1 Å². The smallest absolute Gasteiger partial charge is 0.0529 e. The van der Waals surface area contributed by atoms with Gasteiger partial charge in [0, 0.05) is 20.9 Å². The van der Waals surface area contributed by atoms with Crippen LogP contribution in [0, 0.1) is 6.92 Å². The number of benzene rings is 2. The monoisotopic (exact) mass is 310 g/mol. The Morgan fingerprint density at radius 1 is 1.12 bits per heavy atom. The van der Waals surface area contributed by atoms with E-state index >= 15 is 0 Å². The third-order valence-corrected chi connectivity index (χ3v) is 3.35. The summed E-state index contributed by atoms with van der Waals surface area (Å²) in [6.07, 6.45) is 0. The van der Waals surface area contributed by atoms with E-state index in [1.807, 2.05) is 43.3 Å². The minimum Gasteiger partial charge on any atom is -0.399 e. The average Bonchev–Trinajstić information content (AvgIpc) is 2.27. The van der Waals surface area contributed by atoms with Gasteiger partial charge in [-0.2, -0.15) is 0 Å². The molecule has 0 unspecified atom stereocenters. The third-order valence-electron chi connectivity index (χ3n) is 2.46. The summed E-state index contributed by atoms with van der Waals surface area (Å²) in [6.45, 7) is 2.03. The van der Waals surface area contributed by atoms with Crippen LogP contribution in [0.3, 0.4) is 0 Å². The van der Waals surface area contributed by atoms with E-state index in [2.05, 4.69) is 21.2 Å². The number of hydrogen-bond acceptors (Lipinski definition) is 2. The van der Waals surface area contributed by atoms with Crippen molar-refractivity contribution in [3.63, 3.8) is 0 Å². The highest BCUT2D eigenvalue weighted by atomic mass is 79.9. The first kappa shape index (κ1) is 12.3. The highest BCUT2D eigenvalue weighted by molar-refractivity contribution is 9.10. The van der Waals surface area contributed by atoms with E-state index in [0.29, 0.717) is 5.02 Å². The molecule has 0 heterocycles. The van der Waals surface area contributed by atoms with E-state index in [0.717, 1.165) is 27.1 Å². The van der Waals surface area contributed by atoms with E-state index in [4.69, 9.17) is 17.3 Å². The van der Waals surface area contributed by atoms with Crippen LogP contribution in [-0.4, -0.2) is 0 Å². The molecule has 0 saturated heterocycles. The van der Waals surface area contributed by atoms with Crippen LogP contribution in [0.4, 0.5) is 17.1 Å². The Balaban J connectivity index is 2.34. The highest BCUT2D eigenvalue weighted by Crippen LogP contribution is 2.30. The van der Waals surface area contributed by atoms with Crippen molar-refractivity contribution in [3.8, 4) is 0 Å². The number of rotatable bonds is 2. The van der Waals surface area contributed by atoms with Gasteiger partial charge in [-0.3, -0.25) is 0 Å². The molecular formula is C13H12BrClN2. The summed E-state index contributed by atoms with van der Waals surface area (Å²) in [7, 11) is 0. The van der Waals surface area contributed by atoms with Gasteiger partial charge in [-0.25, -0.2) is 0 Å². The minimum atomic E-state index is 0.701. The lowest BCUT2D eigenvalue weighted by Crippen LogP contribution is -1.95. The van der Waals surface area contributed by atoms with Gasteiger partial charge in [0.25, 0.3) is 0 Å². The molecular weight excluding hydrogens is 300 g/mol. The van der Waals surface area contributed by atoms with Crippen molar-refractivity contribution in [2.75, 3.05) is 11.1 Å². The first-order valence-electron chi connectivity index (χ1n) is 5.14. The van der Waals surface area contributed by atoms with Crippen LogP contribution in [0.2, 0.25) is 5.02 Å². The van der Waals surface area contributed by atoms with Gasteiger partial charge in [-0.15, -0.1) is 0 Å². The number of nitrogen functional groups attached to an aromatic ring is 1. The molecule has 0 amide bonds. The lowest BCUT2D eigenvalue weighted by atomic mass is 10.1. The second kappa shape index (κ2) is 4.98. The van der Waals surface area contributed by atoms with Crippen LogP contribution in [0.15, 0.2) is 40.9 Å². The molecule has 0 aliphatic heterocycles. The number of aryl methyl sites for hydroxylation is 1. The van der Waals surface area contributed by atoms with Gasteiger partial charge in [0.2, 0.25) is 0 Å². The van der Waals surface area contributed by atoms with Gasteiger partial charge >= 0.3 is 0 Å². The molecule has 0 spiro atoms. The minimum absolute atomic E-state index is 0.701. The van der Waals surface area contributed by atoms with E-state index < -0.39 is 0 Å². The molecule has 0 aromatic heterocycles. The predicted octanol–water partition coefficient (Wildman–Crippen LogP) is 4.74. The predicted molar refractivity (Wildman–Crippen MR) is 78.0 cm³/mol. The van der Waals surface area contributed by atoms with Crippen molar-refractivity contribution >= 4 is 44.6 Å². The van der Waals surface area contributed by atoms with Crippen molar-refractivity contribution in [2.24, 2.45) is 0 Å². The van der Waals surface area contributed by atoms with Gasteiger partial charge in [-0.05, 0) is 58.7 Å². The largest absolute Gasteiger partial charge is 0.399 e. The van der Waals surface area contributed by atoms with E-state index in [1.54, 1.807) is 0 Å². The number of halogens is 2. The average molecular weight is 312 g/mol. The van der Waals surface area contributed by atoms with Crippen molar-refractivity contribution < 1.29 is 0 Å². The standard InChI is InChI=1S/C13H12BrClN2/c1-8-2-4-10(16)7-13(8)17-12-5-3-9(15)6-11(12)14/h2-7,17H,16H2,1H3. The van der Waals surface area contributed by atoms with Crippen LogP contribution in [0.25, 0.3) is 0 Å². The lowest BCUT2D eigenvalue weighted by Gasteiger charge is -2.12. The fraction of sp³-hybridized carbons (Fsp3) is 0.0769. The Kier molecular flexibility index (Phi) is 3.60. The zero-order valence-corrected chi connectivity index (χ0v) is 11.6. The topological polar surface area (TPSA) is 38.0 Å². The quantitative estimate of drug-likeness (QED) is 0.786. The Labute approximate surface area is 114 Å². The van der Waals surface area contributed by atoms with Crippen molar-refractivity contribution in [1.29, 1.82) is 0 Å². The number of nitrogens with two attached hydrogens (primary N) is 1. The van der Waals surface area contributed by atoms with Crippen LogP contribution in [-0.2, 0) is 0 Å². The molecule has 3 N–H and O–H groups in total. The molecule has 2 aromatic carbocycles. The Morgan fingerprint density at radius 2 is 1.88 bits per heavy atom. The van der Waals surface area contributed by atoms with Gasteiger partial charge in [-0.1, -0.05) is 17.7 Å². The first-order chi connectivity index (χ1) is 8.06. The molecule has 0 radical (unpaired) electrons. The summed E-state index contributed by atoms with van der Waals surface area (Å²) in [5, 5.41) is 4.02. The molecule has 88 valence electrons. The van der Waals surface area contributed by atoms with Crippen molar-refractivity contribution in [1.82, 2.24) is 0 Å². The van der Waals surface area contributed by atoms with Crippen molar-refractivity contribution in [3.05, 3.63) is 51.5 Å². The van der Waals surface area contributed by atoms with Crippen molar-refractivity contribution in [2.45, 2.75) is 6.92 Å². The zero-order valence-electron chi connectivity index (χ0n) is 9.30. The summed E-state index contributed by atoms with van der Waals surface area (Å²) < 4.78 is 0.923. The molecule has 2 rings (SSSR count). The Bertz CT molecular complexity index is 555. The molecule has 17 heavy (non-hydrogen) atoms. The fourth-order valence-electron chi connectivity index (χ4n) is 1.51. The molecule has 0 fully saturated rings. The maximum absolute atomic E-state index is 5.90. The summed E-state index contributed by atoms with van der Waals surface area (Å²) in [5.41, 5.74) is 9.60. The zero-order chi connectivity index (χ0) is 12.4. The van der Waals surface area contributed by atoms with E-state index in [-0.39, 0.29) is 0 Å². The van der Waals surface area contributed by atoms with Gasteiger partial charge < -0.3 is 11.1 Å². The van der Waals surface area contributed by atoms with Crippen LogP contribution in [0.5, 0.6) is 0 Å². The molecule has 0 saturated carbocycles. The summed E-state index contributed by atoms with van der Waals surface area (Å²) in [5.74, 6) is 0. The maximum atomic E-state index is 5.90. The summed E-state index contributed by atoms with van der Waals surface area (Å²) in [6, 6.07) is 11.4. The summed E-state index contributed by atoms with van der Waals surface area (Å²) in [4.78, 5) is 0. The maximum Gasteiger partial charge on any atom is 0.0529 e. The normalized spacial score (nSPS) is 10.3. The van der Waals surface area contributed by atoms with Gasteiger partial charge in [0.15, 0.2) is 0 Å². The van der Waals surface area contributed by atoms with E-state index in [1.165, 1.54) is 0 Å². The molecule has 4 heteroatoms. The second-order valence-electron chi connectivity index (χ2n) is 3.82. The number of anilines is 3. The molecule has 0 bridgehead atoms. The summed E-state index contributed by atoms with van der Waals surface area (Å²) >= 11 is 9.37.